The Labute approximate surface area is 186 Å². The van der Waals surface area contributed by atoms with Crippen LogP contribution in [0.5, 0.6) is 5.88 Å². The molecular formula is C23H17F4N5O. The van der Waals surface area contributed by atoms with Gasteiger partial charge in [0.15, 0.2) is 0 Å². The van der Waals surface area contributed by atoms with Crippen LogP contribution in [0.3, 0.4) is 0 Å². The van der Waals surface area contributed by atoms with E-state index in [9.17, 15) is 17.6 Å². The fraction of sp³-hybridized carbons (Fsp3) is 0.174. The normalized spacial score (nSPS) is 18.6. The molecule has 0 aliphatic heterocycles. The van der Waals surface area contributed by atoms with Crippen LogP contribution in [-0.2, 0) is 0 Å². The van der Waals surface area contributed by atoms with Gasteiger partial charge in [-0.15, -0.1) is 0 Å². The molecule has 1 aliphatic carbocycles. The molecule has 6 nitrogen and oxygen atoms in total. The number of allylic oxidation sites excluding steroid dienone is 1. The van der Waals surface area contributed by atoms with Crippen LogP contribution in [0.15, 0.2) is 66.7 Å². The molecular weight excluding hydrogens is 438 g/mol. The molecule has 4 rings (SSSR count). The van der Waals surface area contributed by atoms with Gasteiger partial charge in [0.2, 0.25) is 17.9 Å². The van der Waals surface area contributed by atoms with E-state index in [1.807, 2.05) is 6.07 Å². The Hall–Kier alpha value is -4.13. The topological polar surface area (TPSA) is 96.9 Å². The molecule has 3 N–H and O–H groups in total. The second kappa shape index (κ2) is 8.43. The summed E-state index contributed by atoms with van der Waals surface area (Å²) in [5, 5.41) is 11.6. The van der Waals surface area contributed by atoms with Gasteiger partial charge in [0.25, 0.3) is 5.92 Å². The third-order valence-corrected chi connectivity index (χ3v) is 4.90. The maximum absolute atomic E-state index is 14.8. The van der Waals surface area contributed by atoms with Crippen molar-refractivity contribution in [2.75, 3.05) is 11.1 Å². The first-order valence-electron chi connectivity index (χ1n) is 9.77. The van der Waals surface area contributed by atoms with Crippen LogP contribution in [0.25, 0.3) is 5.57 Å². The summed E-state index contributed by atoms with van der Waals surface area (Å²) in [7, 11) is 0. The summed E-state index contributed by atoms with van der Waals surface area (Å²) in [6, 6.07) is 17.0. The van der Waals surface area contributed by atoms with Crippen LogP contribution in [0.1, 0.15) is 17.5 Å². The van der Waals surface area contributed by atoms with Gasteiger partial charge in [0, 0.05) is 18.2 Å². The lowest BCUT2D eigenvalue weighted by Gasteiger charge is -2.36. The lowest BCUT2D eigenvalue weighted by Crippen LogP contribution is -2.53. The van der Waals surface area contributed by atoms with Crippen LogP contribution in [0, 0.1) is 11.3 Å². The zero-order chi connectivity index (χ0) is 23.6. The Balaban J connectivity index is 1.60. The monoisotopic (exact) mass is 455 g/mol. The van der Waals surface area contributed by atoms with E-state index in [0.29, 0.717) is 17.3 Å². The van der Waals surface area contributed by atoms with Crippen molar-refractivity contribution in [2.24, 2.45) is 0 Å². The SMILES string of the molecule is N#Cc1ccc(Nc2nc(N)cc(OC3C(F)(F)C=C(c4ccccc4)CC3(F)F)n2)cc1. The number of hydrogen-bond donors (Lipinski definition) is 2. The average Bonchev–Trinajstić information content (AvgIpc) is 2.76. The predicted molar refractivity (Wildman–Crippen MR) is 114 cm³/mol. The van der Waals surface area contributed by atoms with Crippen LogP contribution in [0.2, 0.25) is 0 Å². The number of nitrogen functional groups attached to an aromatic ring is 1. The Morgan fingerprint density at radius 3 is 2.36 bits per heavy atom. The van der Waals surface area contributed by atoms with Crippen molar-refractivity contribution in [3.05, 3.63) is 77.9 Å². The van der Waals surface area contributed by atoms with Gasteiger partial charge < -0.3 is 15.8 Å². The third kappa shape index (κ3) is 4.87. The summed E-state index contributed by atoms with van der Waals surface area (Å²) in [6.45, 7) is 0. The molecule has 0 spiro atoms. The number of nitrogens with two attached hydrogens (primary N) is 1. The Kier molecular flexibility index (Phi) is 5.64. The highest BCUT2D eigenvalue weighted by atomic mass is 19.3. The van der Waals surface area contributed by atoms with Crippen LogP contribution < -0.4 is 15.8 Å². The molecule has 10 heteroatoms. The van der Waals surface area contributed by atoms with Gasteiger partial charge in [-0.2, -0.15) is 24.0 Å². The molecule has 1 aromatic heterocycles. The minimum Gasteiger partial charge on any atom is -0.461 e. The van der Waals surface area contributed by atoms with Crippen molar-refractivity contribution in [1.82, 2.24) is 9.97 Å². The largest absolute Gasteiger partial charge is 0.461 e. The maximum atomic E-state index is 14.8. The van der Waals surface area contributed by atoms with Crippen molar-refractivity contribution in [3.63, 3.8) is 0 Å². The molecule has 168 valence electrons. The zero-order valence-corrected chi connectivity index (χ0v) is 17.0. The highest BCUT2D eigenvalue weighted by Crippen LogP contribution is 2.46. The van der Waals surface area contributed by atoms with Gasteiger partial charge in [-0.25, -0.2) is 8.78 Å². The van der Waals surface area contributed by atoms with Crippen LogP contribution >= 0.6 is 0 Å². The van der Waals surface area contributed by atoms with Crippen LogP contribution in [0.4, 0.5) is 35.0 Å². The van der Waals surface area contributed by atoms with Gasteiger partial charge in [0.1, 0.15) is 5.82 Å². The molecule has 0 amide bonds. The summed E-state index contributed by atoms with van der Waals surface area (Å²) < 4.78 is 64.3. The van der Waals surface area contributed by atoms with E-state index in [2.05, 4.69) is 15.3 Å². The van der Waals surface area contributed by atoms with E-state index >= 15 is 0 Å². The Morgan fingerprint density at radius 1 is 1.03 bits per heavy atom. The minimum absolute atomic E-state index is 0.141. The second-order valence-corrected chi connectivity index (χ2v) is 7.41. The number of aromatic nitrogens is 2. The standard InChI is InChI=1S/C23H17F4N5O/c24-22(25)11-16(15-4-2-1-3-5-15)12-23(26,27)20(22)33-19-10-18(29)31-21(32-19)30-17-8-6-14(13-28)7-9-17/h1-11,20H,12H2,(H3,29,30,31,32). The fourth-order valence-electron chi connectivity index (χ4n) is 3.43. The summed E-state index contributed by atoms with van der Waals surface area (Å²) in [5.41, 5.74) is 6.70. The first kappa shape index (κ1) is 22.1. The molecule has 0 fully saturated rings. The van der Waals surface area contributed by atoms with Gasteiger partial charge in [-0.05, 0) is 41.5 Å². The molecule has 1 unspecified atom stereocenters. The molecule has 3 aromatic rings. The van der Waals surface area contributed by atoms with E-state index < -0.39 is 30.2 Å². The molecule has 0 saturated heterocycles. The van der Waals surface area contributed by atoms with Crippen molar-refractivity contribution >= 4 is 23.0 Å². The number of rotatable bonds is 5. The Morgan fingerprint density at radius 2 is 1.73 bits per heavy atom. The molecule has 33 heavy (non-hydrogen) atoms. The predicted octanol–water partition coefficient (Wildman–Crippen LogP) is 5.18. The minimum atomic E-state index is -3.98. The number of ether oxygens (including phenoxy) is 1. The number of nitriles is 1. The number of nitrogens with zero attached hydrogens (tertiary/aromatic N) is 3. The summed E-state index contributed by atoms with van der Waals surface area (Å²) >= 11 is 0. The van der Waals surface area contributed by atoms with Gasteiger partial charge in [-0.1, -0.05) is 30.3 Å². The number of nitrogens with one attached hydrogen (secondary N) is 1. The van der Waals surface area contributed by atoms with Gasteiger partial charge >= 0.3 is 5.92 Å². The molecule has 1 atom stereocenters. The van der Waals surface area contributed by atoms with E-state index in [-0.39, 0.29) is 22.9 Å². The lowest BCUT2D eigenvalue weighted by molar-refractivity contribution is -0.184. The molecule has 2 aromatic carbocycles. The van der Waals surface area contributed by atoms with Crippen molar-refractivity contribution < 1.29 is 22.3 Å². The average molecular weight is 455 g/mol. The van der Waals surface area contributed by atoms with Gasteiger partial charge in [0.05, 0.1) is 11.6 Å². The molecule has 1 heterocycles. The van der Waals surface area contributed by atoms with Crippen LogP contribution in [-0.4, -0.2) is 27.9 Å². The number of halogens is 4. The first-order chi connectivity index (χ1) is 15.7. The zero-order valence-electron chi connectivity index (χ0n) is 17.0. The molecule has 0 radical (unpaired) electrons. The molecule has 1 aliphatic rings. The summed E-state index contributed by atoms with van der Waals surface area (Å²) in [6.07, 6.45) is -3.20. The van der Waals surface area contributed by atoms with E-state index in [0.717, 1.165) is 6.07 Å². The third-order valence-electron chi connectivity index (χ3n) is 4.90. The lowest BCUT2D eigenvalue weighted by atomic mass is 9.87. The number of anilines is 3. The second-order valence-electron chi connectivity index (χ2n) is 7.41. The van der Waals surface area contributed by atoms with E-state index in [1.165, 1.54) is 24.3 Å². The maximum Gasteiger partial charge on any atom is 0.309 e. The van der Waals surface area contributed by atoms with Crippen molar-refractivity contribution in [1.29, 1.82) is 5.26 Å². The first-order valence-corrected chi connectivity index (χ1v) is 9.77. The Bertz CT molecular complexity index is 1220. The highest BCUT2D eigenvalue weighted by Gasteiger charge is 2.59. The summed E-state index contributed by atoms with van der Waals surface area (Å²) in [4.78, 5) is 7.81. The van der Waals surface area contributed by atoms with E-state index in [1.54, 1.807) is 30.3 Å². The smallest absolute Gasteiger partial charge is 0.309 e. The van der Waals surface area contributed by atoms with Gasteiger partial charge in [-0.3, -0.25) is 0 Å². The number of benzene rings is 2. The highest BCUT2D eigenvalue weighted by molar-refractivity contribution is 5.68. The quantitative estimate of drug-likeness (QED) is 0.515. The number of alkyl halides is 4. The van der Waals surface area contributed by atoms with Crippen molar-refractivity contribution in [3.8, 4) is 11.9 Å². The molecule has 0 bridgehead atoms. The summed E-state index contributed by atoms with van der Waals surface area (Å²) in [5.74, 6) is -8.70. The molecule has 0 saturated carbocycles. The fourth-order valence-corrected chi connectivity index (χ4v) is 3.43. The number of hydrogen-bond acceptors (Lipinski definition) is 6. The van der Waals surface area contributed by atoms with Crippen molar-refractivity contribution in [2.45, 2.75) is 24.4 Å². The van der Waals surface area contributed by atoms with E-state index in [4.69, 9.17) is 15.7 Å².